The minimum atomic E-state index is -1.01. The minimum Gasteiger partial charge on any atom is -0.361 e. The fraction of sp³-hybridized carbons (Fsp3) is 0.350. The average Bonchev–Trinajstić information content (AvgIpc) is 2.99. The van der Waals surface area contributed by atoms with Gasteiger partial charge in [-0.05, 0) is 17.7 Å². The zero-order valence-corrected chi connectivity index (χ0v) is 14.4. The molecule has 6 nitrogen and oxygen atoms in total. The highest BCUT2D eigenvalue weighted by atomic mass is 16.5. The summed E-state index contributed by atoms with van der Waals surface area (Å²) < 4.78 is 6.01. The molecular formula is C20H21N3O3. The molecule has 2 unspecified atom stereocenters. The van der Waals surface area contributed by atoms with E-state index in [0.29, 0.717) is 19.7 Å². The number of nitrogens with zero attached hydrogens (tertiary/aromatic N) is 2. The molecule has 2 aliphatic rings. The molecule has 4 rings (SSSR count). The largest absolute Gasteiger partial charge is 0.361 e. The van der Waals surface area contributed by atoms with Crippen LogP contribution in [-0.4, -0.2) is 53.5 Å². The van der Waals surface area contributed by atoms with E-state index in [-0.39, 0.29) is 30.7 Å². The van der Waals surface area contributed by atoms with Gasteiger partial charge in [0.15, 0.2) is 5.60 Å². The van der Waals surface area contributed by atoms with Crippen molar-refractivity contribution in [1.82, 2.24) is 15.2 Å². The number of carbonyl (C=O) groups is 2. The van der Waals surface area contributed by atoms with E-state index in [0.717, 1.165) is 11.3 Å². The summed E-state index contributed by atoms with van der Waals surface area (Å²) in [5.41, 5.74) is 0.762. The lowest BCUT2D eigenvalue weighted by atomic mass is 9.83. The molecule has 6 heteroatoms. The monoisotopic (exact) mass is 351 g/mol. The molecule has 1 spiro atoms. The SMILES string of the molecule is O=C(Cc1ccccn1)N1CCOC2(C1)C(=O)NCC2c1ccccc1. The third-order valence-electron chi connectivity index (χ3n) is 5.17. The van der Waals surface area contributed by atoms with Crippen LogP contribution < -0.4 is 5.32 Å². The summed E-state index contributed by atoms with van der Waals surface area (Å²) in [6.07, 6.45) is 1.91. The number of hydrogen-bond donors (Lipinski definition) is 1. The van der Waals surface area contributed by atoms with Gasteiger partial charge in [-0.2, -0.15) is 0 Å². The number of aromatic nitrogens is 1. The fourth-order valence-electron chi connectivity index (χ4n) is 3.82. The van der Waals surface area contributed by atoms with Crippen LogP contribution in [0.3, 0.4) is 0 Å². The summed E-state index contributed by atoms with van der Waals surface area (Å²) in [5.74, 6) is -0.277. The van der Waals surface area contributed by atoms with Gasteiger partial charge in [0.05, 0.1) is 19.6 Å². The minimum absolute atomic E-state index is 0.0297. The van der Waals surface area contributed by atoms with E-state index in [1.165, 1.54) is 0 Å². The lowest BCUT2D eigenvalue weighted by molar-refractivity contribution is -0.163. The van der Waals surface area contributed by atoms with E-state index in [9.17, 15) is 9.59 Å². The van der Waals surface area contributed by atoms with Gasteiger partial charge in [-0.15, -0.1) is 0 Å². The maximum atomic E-state index is 12.8. The number of hydrogen-bond acceptors (Lipinski definition) is 4. The topological polar surface area (TPSA) is 71.5 Å². The van der Waals surface area contributed by atoms with Crippen molar-refractivity contribution in [2.24, 2.45) is 0 Å². The highest BCUT2D eigenvalue weighted by molar-refractivity contribution is 5.91. The molecule has 134 valence electrons. The number of carbonyl (C=O) groups excluding carboxylic acids is 2. The van der Waals surface area contributed by atoms with Crippen LogP contribution in [0, 0.1) is 0 Å². The van der Waals surface area contributed by atoms with Crippen LogP contribution in [0.2, 0.25) is 0 Å². The second-order valence-electron chi connectivity index (χ2n) is 6.72. The van der Waals surface area contributed by atoms with Gasteiger partial charge in [-0.3, -0.25) is 14.6 Å². The first-order chi connectivity index (χ1) is 12.7. The molecule has 2 fully saturated rings. The van der Waals surface area contributed by atoms with Crippen LogP contribution in [-0.2, 0) is 20.7 Å². The zero-order valence-electron chi connectivity index (χ0n) is 14.4. The van der Waals surface area contributed by atoms with Crippen molar-refractivity contribution < 1.29 is 14.3 Å². The Balaban J connectivity index is 1.56. The molecule has 0 radical (unpaired) electrons. The van der Waals surface area contributed by atoms with Crippen LogP contribution >= 0.6 is 0 Å². The van der Waals surface area contributed by atoms with Crippen LogP contribution in [0.25, 0.3) is 0 Å². The van der Waals surface area contributed by atoms with Gasteiger partial charge in [0.1, 0.15) is 0 Å². The number of benzene rings is 1. The quantitative estimate of drug-likeness (QED) is 0.900. The second-order valence-corrected chi connectivity index (χ2v) is 6.72. The van der Waals surface area contributed by atoms with Crippen molar-refractivity contribution in [3.63, 3.8) is 0 Å². The molecule has 1 aromatic carbocycles. The molecule has 3 heterocycles. The molecular weight excluding hydrogens is 330 g/mol. The van der Waals surface area contributed by atoms with Gasteiger partial charge in [0, 0.05) is 30.9 Å². The predicted octanol–water partition coefficient (Wildman–Crippen LogP) is 1.14. The zero-order chi connectivity index (χ0) is 18.0. The van der Waals surface area contributed by atoms with Crippen molar-refractivity contribution in [2.75, 3.05) is 26.2 Å². The van der Waals surface area contributed by atoms with E-state index < -0.39 is 5.60 Å². The first kappa shape index (κ1) is 16.7. The fourth-order valence-corrected chi connectivity index (χ4v) is 3.82. The second kappa shape index (κ2) is 6.88. The number of rotatable bonds is 3. The smallest absolute Gasteiger partial charge is 0.254 e. The third-order valence-corrected chi connectivity index (χ3v) is 5.17. The first-order valence-corrected chi connectivity index (χ1v) is 8.84. The van der Waals surface area contributed by atoms with E-state index in [1.54, 1.807) is 11.1 Å². The molecule has 0 bridgehead atoms. The Morgan fingerprint density at radius 1 is 1.23 bits per heavy atom. The lowest BCUT2D eigenvalue weighted by Crippen LogP contribution is -2.59. The Labute approximate surface area is 152 Å². The Kier molecular flexibility index (Phi) is 4.42. The number of nitrogens with one attached hydrogen (secondary N) is 1. The van der Waals surface area contributed by atoms with Gasteiger partial charge in [-0.1, -0.05) is 36.4 Å². The summed E-state index contributed by atoms with van der Waals surface area (Å²) in [7, 11) is 0. The Bertz CT molecular complexity index is 796. The van der Waals surface area contributed by atoms with Gasteiger partial charge < -0.3 is 15.0 Å². The average molecular weight is 351 g/mol. The molecule has 2 aromatic rings. The molecule has 0 aliphatic carbocycles. The third kappa shape index (κ3) is 2.97. The van der Waals surface area contributed by atoms with Crippen LogP contribution in [0.15, 0.2) is 54.7 Å². The van der Waals surface area contributed by atoms with Gasteiger partial charge >= 0.3 is 0 Å². The molecule has 2 aliphatic heterocycles. The van der Waals surface area contributed by atoms with Gasteiger partial charge in [-0.25, -0.2) is 0 Å². The Morgan fingerprint density at radius 3 is 2.81 bits per heavy atom. The molecule has 2 saturated heterocycles. The summed E-state index contributed by atoms with van der Waals surface area (Å²) in [6, 6.07) is 15.4. The van der Waals surface area contributed by atoms with Gasteiger partial charge in [0.2, 0.25) is 5.91 Å². The number of amides is 2. The lowest BCUT2D eigenvalue weighted by Gasteiger charge is -2.41. The molecule has 1 N–H and O–H groups in total. The summed E-state index contributed by atoms with van der Waals surface area (Å²) in [4.78, 5) is 31.4. The standard InChI is InChI=1S/C20H21N3O3/c24-18(12-16-8-4-5-9-21-16)23-10-11-26-20(14-23)17(13-22-19(20)25)15-6-2-1-3-7-15/h1-9,17H,10-14H2,(H,22,25). The van der Waals surface area contributed by atoms with Crippen molar-refractivity contribution >= 4 is 11.8 Å². The molecule has 2 amide bonds. The predicted molar refractivity (Wildman–Crippen MR) is 95.4 cm³/mol. The van der Waals surface area contributed by atoms with E-state index >= 15 is 0 Å². The van der Waals surface area contributed by atoms with Crippen molar-refractivity contribution in [3.05, 3.63) is 66.0 Å². The summed E-state index contributed by atoms with van der Waals surface area (Å²) in [6.45, 7) is 1.63. The maximum absolute atomic E-state index is 12.8. The van der Waals surface area contributed by atoms with Crippen molar-refractivity contribution in [2.45, 2.75) is 17.9 Å². The molecule has 2 atom stereocenters. The van der Waals surface area contributed by atoms with E-state index in [4.69, 9.17) is 4.74 Å². The normalized spacial score (nSPS) is 25.3. The first-order valence-electron chi connectivity index (χ1n) is 8.84. The maximum Gasteiger partial charge on any atom is 0.254 e. The van der Waals surface area contributed by atoms with Crippen LogP contribution in [0.5, 0.6) is 0 Å². The summed E-state index contributed by atoms with van der Waals surface area (Å²) in [5, 5.41) is 2.92. The van der Waals surface area contributed by atoms with E-state index in [2.05, 4.69) is 10.3 Å². The number of morpholine rings is 1. The van der Waals surface area contributed by atoms with Crippen molar-refractivity contribution in [1.29, 1.82) is 0 Å². The van der Waals surface area contributed by atoms with E-state index in [1.807, 2.05) is 48.5 Å². The number of pyridine rings is 1. The molecule has 1 aromatic heterocycles. The highest BCUT2D eigenvalue weighted by Gasteiger charge is 2.55. The molecule has 0 saturated carbocycles. The molecule has 26 heavy (non-hydrogen) atoms. The van der Waals surface area contributed by atoms with Crippen molar-refractivity contribution in [3.8, 4) is 0 Å². The Hall–Kier alpha value is -2.73. The van der Waals surface area contributed by atoms with Gasteiger partial charge in [0.25, 0.3) is 5.91 Å². The highest BCUT2D eigenvalue weighted by Crippen LogP contribution is 2.38. The number of ether oxygens (including phenoxy) is 1. The summed E-state index contributed by atoms with van der Waals surface area (Å²) >= 11 is 0. The van der Waals surface area contributed by atoms with Crippen LogP contribution in [0.4, 0.5) is 0 Å². The Morgan fingerprint density at radius 2 is 2.04 bits per heavy atom. The van der Waals surface area contributed by atoms with Crippen LogP contribution in [0.1, 0.15) is 17.2 Å².